The smallest absolute Gasteiger partial charge is 0.326 e. The second-order valence-electron chi connectivity index (χ2n) is 10.3. The summed E-state index contributed by atoms with van der Waals surface area (Å²) in [5, 5.41) is 27.7. The minimum Gasteiger partial charge on any atom is -0.508 e. The largest absolute Gasteiger partial charge is 0.508 e. The number of para-hydroxylation sites is 1. The molecule has 4 unspecified atom stereocenters. The molecule has 4 atom stereocenters. The Hall–Kier alpha value is -4.56. The number of phenolic OH excluding ortho intramolecular Hbond substituents is 1. The molecule has 1 aromatic heterocycles. The molecular formula is C30H38N6O7S. The van der Waals surface area contributed by atoms with E-state index >= 15 is 0 Å². The number of primary amides is 1. The van der Waals surface area contributed by atoms with E-state index in [2.05, 4.69) is 20.9 Å². The lowest BCUT2D eigenvalue weighted by molar-refractivity contribution is -0.142. The number of fused-ring (bicyclic) bond motifs is 1. The third-order valence-electron chi connectivity index (χ3n) is 7.00. The Bertz CT molecular complexity index is 1460. The van der Waals surface area contributed by atoms with Crippen molar-refractivity contribution in [3.63, 3.8) is 0 Å². The summed E-state index contributed by atoms with van der Waals surface area (Å²) in [4.78, 5) is 66.2. The van der Waals surface area contributed by atoms with Crippen LogP contribution < -0.4 is 27.4 Å². The van der Waals surface area contributed by atoms with Crippen molar-refractivity contribution in [2.24, 2.45) is 11.5 Å². The van der Waals surface area contributed by atoms with Crippen LogP contribution in [-0.2, 0) is 36.8 Å². The van der Waals surface area contributed by atoms with Crippen LogP contribution in [0.2, 0.25) is 0 Å². The van der Waals surface area contributed by atoms with Gasteiger partial charge in [-0.3, -0.25) is 19.2 Å². The summed E-state index contributed by atoms with van der Waals surface area (Å²) in [5.41, 5.74) is 13.5. The molecule has 0 saturated carbocycles. The van der Waals surface area contributed by atoms with Crippen molar-refractivity contribution in [2.75, 3.05) is 12.0 Å². The number of amides is 4. The van der Waals surface area contributed by atoms with Crippen molar-refractivity contribution in [1.29, 1.82) is 0 Å². The number of carboxylic acid groups (broad SMARTS) is 1. The Morgan fingerprint density at radius 3 is 2.16 bits per heavy atom. The van der Waals surface area contributed by atoms with Crippen molar-refractivity contribution < 1.29 is 34.2 Å². The number of hydrogen-bond donors (Lipinski definition) is 8. The number of nitrogens with one attached hydrogen (secondary N) is 4. The minimum atomic E-state index is -1.41. The maximum Gasteiger partial charge on any atom is 0.326 e. The number of aliphatic carboxylic acids is 1. The van der Waals surface area contributed by atoms with E-state index in [9.17, 15) is 34.2 Å². The first kappa shape index (κ1) is 33.9. The van der Waals surface area contributed by atoms with Crippen LogP contribution in [0, 0.1) is 0 Å². The van der Waals surface area contributed by atoms with Gasteiger partial charge in [0.25, 0.3) is 0 Å². The van der Waals surface area contributed by atoms with E-state index in [0.717, 1.165) is 16.5 Å². The molecule has 0 fully saturated rings. The molecule has 0 spiro atoms. The van der Waals surface area contributed by atoms with Gasteiger partial charge in [-0.05, 0) is 60.6 Å². The number of carboxylic acids is 1. The van der Waals surface area contributed by atoms with Crippen LogP contribution in [0.4, 0.5) is 0 Å². The summed E-state index contributed by atoms with van der Waals surface area (Å²) in [6.07, 6.45) is 3.47. The summed E-state index contributed by atoms with van der Waals surface area (Å²) < 4.78 is 0. The highest BCUT2D eigenvalue weighted by Gasteiger charge is 2.31. The number of thioether (sulfide) groups is 1. The van der Waals surface area contributed by atoms with Gasteiger partial charge in [0.1, 0.15) is 23.9 Å². The van der Waals surface area contributed by atoms with E-state index in [0.29, 0.717) is 11.3 Å². The zero-order chi connectivity index (χ0) is 32.2. The monoisotopic (exact) mass is 626 g/mol. The molecule has 0 saturated heterocycles. The van der Waals surface area contributed by atoms with Crippen molar-refractivity contribution in [3.8, 4) is 5.75 Å². The Morgan fingerprint density at radius 2 is 1.50 bits per heavy atom. The average molecular weight is 627 g/mol. The molecule has 0 aliphatic heterocycles. The molecule has 0 aliphatic rings. The lowest BCUT2D eigenvalue weighted by Gasteiger charge is -2.25. The number of aromatic amines is 1. The van der Waals surface area contributed by atoms with Gasteiger partial charge >= 0.3 is 5.97 Å². The van der Waals surface area contributed by atoms with Crippen LogP contribution in [0.3, 0.4) is 0 Å². The van der Waals surface area contributed by atoms with E-state index in [4.69, 9.17) is 11.5 Å². The van der Waals surface area contributed by atoms with Gasteiger partial charge in [-0.2, -0.15) is 11.8 Å². The van der Waals surface area contributed by atoms with Crippen LogP contribution in [0.5, 0.6) is 5.75 Å². The normalized spacial score (nSPS) is 13.8. The van der Waals surface area contributed by atoms with Gasteiger partial charge in [0, 0.05) is 29.9 Å². The highest BCUT2D eigenvalue weighted by atomic mass is 32.2. The second-order valence-corrected chi connectivity index (χ2v) is 11.3. The molecular weight excluding hydrogens is 588 g/mol. The number of carbonyl (C=O) groups excluding carboxylic acids is 4. The molecule has 1 heterocycles. The molecule has 14 heteroatoms. The van der Waals surface area contributed by atoms with Crippen LogP contribution in [0.1, 0.15) is 30.4 Å². The van der Waals surface area contributed by atoms with Gasteiger partial charge in [-0.1, -0.05) is 30.3 Å². The molecule has 0 bridgehead atoms. The predicted molar refractivity (Wildman–Crippen MR) is 167 cm³/mol. The number of aromatic nitrogens is 1. The molecule has 13 nitrogen and oxygen atoms in total. The van der Waals surface area contributed by atoms with Gasteiger partial charge in [0.05, 0.1) is 6.04 Å². The Labute approximate surface area is 258 Å². The Balaban J connectivity index is 1.80. The molecule has 2 aromatic carbocycles. The first-order valence-electron chi connectivity index (χ1n) is 14.0. The van der Waals surface area contributed by atoms with E-state index in [1.807, 2.05) is 30.5 Å². The van der Waals surface area contributed by atoms with E-state index in [1.54, 1.807) is 18.3 Å². The van der Waals surface area contributed by atoms with Crippen LogP contribution in [0.15, 0.2) is 54.7 Å². The fourth-order valence-corrected chi connectivity index (χ4v) is 5.05. The summed E-state index contributed by atoms with van der Waals surface area (Å²) in [6, 6.07) is 8.95. The molecule has 3 aromatic rings. The highest BCUT2D eigenvalue weighted by Crippen LogP contribution is 2.20. The topological polar surface area (TPSA) is 230 Å². The Morgan fingerprint density at radius 1 is 0.864 bits per heavy atom. The first-order valence-corrected chi connectivity index (χ1v) is 15.4. The van der Waals surface area contributed by atoms with Crippen molar-refractivity contribution >= 4 is 52.3 Å². The van der Waals surface area contributed by atoms with Crippen molar-refractivity contribution in [2.45, 2.75) is 56.3 Å². The number of hydrogen-bond acceptors (Lipinski definition) is 8. The van der Waals surface area contributed by atoms with Gasteiger partial charge in [-0.15, -0.1) is 0 Å². The first-order chi connectivity index (χ1) is 21.0. The SMILES string of the molecule is CSCCC(NC(=O)C(N)Cc1ccc(O)cc1)C(=O)NC(Cc1c[nH]c2ccccc12)C(=O)NC(CCC(N)=O)C(=O)O. The fraction of sp³-hybridized carbons (Fsp3) is 0.367. The summed E-state index contributed by atoms with van der Waals surface area (Å²) in [7, 11) is 0. The number of carbonyl (C=O) groups is 5. The number of benzene rings is 2. The molecule has 44 heavy (non-hydrogen) atoms. The number of rotatable bonds is 17. The third-order valence-corrected chi connectivity index (χ3v) is 7.64. The van der Waals surface area contributed by atoms with Gasteiger partial charge in [0.15, 0.2) is 0 Å². The van der Waals surface area contributed by atoms with Crippen molar-refractivity contribution in [1.82, 2.24) is 20.9 Å². The van der Waals surface area contributed by atoms with Crippen molar-refractivity contribution in [3.05, 3.63) is 65.9 Å². The van der Waals surface area contributed by atoms with E-state index < -0.39 is 53.8 Å². The number of phenols is 1. The van der Waals surface area contributed by atoms with Crippen LogP contribution >= 0.6 is 11.8 Å². The van der Waals surface area contributed by atoms with Crippen LogP contribution in [0.25, 0.3) is 10.9 Å². The number of H-pyrrole nitrogens is 1. The lowest BCUT2D eigenvalue weighted by atomic mass is 10.0. The summed E-state index contributed by atoms with van der Waals surface area (Å²) in [5.74, 6) is -3.48. The zero-order valence-corrected chi connectivity index (χ0v) is 25.1. The number of nitrogens with two attached hydrogens (primary N) is 2. The summed E-state index contributed by atoms with van der Waals surface area (Å²) >= 11 is 1.46. The fourth-order valence-electron chi connectivity index (χ4n) is 4.58. The standard InChI is InChI=1S/C30H38N6O7S/c1-44-13-12-23(34-27(39)21(31)14-17-6-8-19(37)9-7-17)28(40)36-25(15-18-16-33-22-5-3-2-4-20(18)22)29(41)35-24(30(42)43)10-11-26(32)38/h2-9,16,21,23-25,33,37H,10-15,31H2,1H3,(H2,32,38)(H,34,39)(H,35,41)(H,36,40)(H,42,43). The highest BCUT2D eigenvalue weighted by molar-refractivity contribution is 7.98. The maximum absolute atomic E-state index is 13.6. The van der Waals surface area contributed by atoms with Gasteiger partial charge < -0.3 is 42.6 Å². The van der Waals surface area contributed by atoms with Crippen LogP contribution in [-0.4, -0.2) is 81.0 Å². The average Bonchev–Trinajstić information content (AvgIpc) is 3.40. The third kappa shape index (κ3) is 10.0. The minimum absolute atomic E-state index is 0.00725. The van der Waals surface area contributed by atoms with E-state index in [1.165, 1.54) is 23.9 Å². The zero-order valence-electron chi connectivity index (χ0n) is 24.2. The summed E-state index contributed by atoms with van der Waals surface area (Å²) in [6.45, 7) is 0. The predicted octanol–water partition coefficient (Wildman–Crippen LogP) is 0.544. The lowest BCUT2D eigenvalue weighted by Crippen LogP contribution is -2.58. The molecule has 3 rings (SSSR count). The Kier molecular flexibility index (Phi) is 12.6. The molecule has 10 N–H and O–H groups in total. The quantitative estimate of drug-likeness (QED) is 0.104. The maximum atomic E-state index is 13.6. The molecule has 4 amide bonds. The van der Waals surface area contributed by atoms with Gasteiger partial charge in [-0.25, -0.2) is 4.79 Å². The van der Waals surface area contributed by atoms with Gasteiger partial charge in [0.2, 0.25) is 23.6 Å². The molecule has 0 aliphatic carbocycles. The van der Waals surface area contributed by atoms with E-state index in [-0.39, 0.29) is 37.9 Å². The molecule has 236 valence electrons. The second kappa shape index (κ2) is 16.3. The molecule has 0 radical (unpaired) electrons. The number of aromatic hydroxyl groups is 1.